The highest BCUT2D eigenvalue weighted by Gasteiger charge is 2.13. The molecular weight excluding hydrogens is 302 g/mol. The summed E-state index contributed by atoms with van der Waals surface area (Å²) >= 11 is 0. The van der Waals surface area contributed by atoms with Crippen molar-refractivity contribution in [3.05, 3.63) is 59.7 Å². The Bertz CT molecular complexity index is 601. The van der Waals surface area contributed by atoms with E-state index >= 15 is 0 Å². The van der Waals surface area contributed by atoms with Crippen molar-refractivity contribution in [3.8, 4) is 11.5 Å². The molecule has 130 valence electrons. The number of para-hydroxylation sites is 1. The topological polar surface area (TPSA) is 39.7 Å². The van der Waals surface area contributed by atoms with E-state index in [1.807, 2.05) is 18.2 Å². The maximum atomic E-state index is 5.88. The summed E-state index contributed by atoms with van der Waals surface area (Å²) < 4.78 is 16.4. The first-order chi connectivity index (χ1) is 11.8. The standard InChI is InChI=1S/C20H27NO3/c1-4-18(16-9-6-5-7-10-16)21-15-17-11-8-12-19(23-3)20(17)24-14-13-22-2/h5-12,18,21H,4,13-15H2,1-3H3. The maximum absolute atomic E-state index is 5.88. The zero-order valence-corrected chi connectivity index (χ0v) is 14.7. The van der Waals surface area contributed by atoms with E-state index in [1.165, 1.54) is 5.56 Å². The van der Waals surface area contributed by atoms with Crippen LogP contribution in [0.25, 0.3) is 0 Å². The predicted molar refractivity (Wildman–Crippen MR) is 96.7 cm³/mol. The van der Waals surface area contributed by atoms with Gasteiger partial charge in [-0.15, -0.1) is 0 Å². The molecule has 0 fully saturated rings. The minimum Gasteiger partial charge on any atom is -0.493 e. The summed E-state index contributed by atoms with van der Waals surface area (Å²) in [4.78, 5) is 0. The van der Waals surface area contributed by atoms with Gasteiger partial charge in [-0.2, -0.15) is 0 Å². The van der Waals surface area contributed by atoms with Gasteiger partial charge in [-0.3, -0.25) is 0 Å². The summed E-state index contributed by atoms with van der Waals surface area (Å²) in [6.07, 6.45) is 1.02. The minimum absolute atomic E-state index is 0.309. The first-order valence-electron chi connectivity index (χ1n) is 8.36. The van der Waals surface area contributed by atoms with Crippen LogP contribution in [0, 0.1) is 0 Å². The van der Waals surface area contributed by atoms with Gasteiger partial charge in [-0.25, -0.2) is 0 Å². The number of ether oxygens (including phenoxy) is 3. The largest absolute Gasteiger partial charge is 0.493 e. The van der Waals surface area contributed by atoms with Crippen LogP contribution in [0.3, 0.4) is 0 Å². The Morgan fingerprint density at radius 2 is 1.75 bits per heavy atom. The molecule has 0 aromatic heterocycles. The van der Waals surface area contributed by atoms with Crippen molar-refractivity contribution < 1.29 is 14.2 Å². The molecule has 1 N–H and O–H groups in total. The average Bonchev–Trinajstić information content (AvgIpc) is 2.64. The first kappa shape index (κ1) is 18.3. The van der Waals surface area contributed by atoms with E-state index in [0.29, 0.717) is 25.8 Å². The molecule has 4 heteroatoms. The highest BCUT2D eigenvalue weighted by molar-refractivity contribution is 5.46. The highest BCUT2D eigenvalue weighted by Crippen LogP contribution is 2.31. The number of nitrogens with one attached hydrogen (secondary N) is 1. The summed E-state index contributed by atoms with van der Waals surface area (Å²) in [5.41, 5.74) is 2.38. The van der Waals surface area contributed by atoms with Gasteiger partial charge >= 0.3 is 0 Å². The summed E-state index contributed by atoms with van der Waals surface area (Å²) in [5.74, 6) is 1.53. The van der Waals surface area contributed by atoms with Gasteiger partial charge in [0.1, 0.15) is 6.61 Å². The van der Waals surface area contributed by atoms with Gasteiger partial charge in [0.2, 0.25) is 0 Å². The second-order valence-electron chi connectivity index (χ2n) is 5.54. The Hall–Kier alpha value is -2.04. The van der Waals surface area contributed by atoms with E-state index in [9.17, 15) is 0 Å². The second kappa shape index (κ2) is 9.96. The van der Waals surface area contributed by atoms with Gasteiger partial charge in [0.25, 0.3) is 0 Å². The van der Waals surface area contributed by atoms with E-state index in [0.717, 1.165) is 23.5 Å². The van der Waals surface area contributed by atoms with Crippen LogP contribution in [0.4, 0.5) is 0 Å². The van der Waals surface area contributed by atoms with E-state index in [1.54, 1.807) is 14.2 Å². The molecule has 0 aliphatic heterocycles. The fraction of sp³-hybridized carbons (Fsp3) is 0.400. The highest BCUT2D eigenvalue weighted by atomic mass is 16.5. The molecule has 2 rings (SSSR count). The van der Waals surface area contributed by atoms with Crippen LogP contribution < -0.4 is 14.8 Å². The van der Waals surface area contributed by atoms with Crippen LogP contribution in [0.15, 0.2) is 48.5 Å². The Labute approximate surface area is 144 Å². The van der Waals surface area contributed by atoms with Crippen LogP contribution in [0.1, 0.15) is 30.5 Å². The molecule has 0 amide bonds. The van der Waals surface area contributed by atoms with Crippen molar-refractivity contribution in [2.75, 3.05) is 27.4 Å². The molecule has 2 aromatic rings. The first-order valence-corrected chi connectivity index (χ1v) is 8.36. The van der Waals surface area contributed by atoms with Crippen LogP contribution in [0.5, 0.6) is 11.5 Å². The predicted octanol–water partition coefficient (Wildman–Crippen LogP) is 3.96. The lowest BCUT2D eigenvalue weighted by atomic mass is 10.0. The third kappa shape index (κ3) is 4.98. The molecule has 0 aliphatic rings. The number of hydrogen-bond donors (Lipinski definition) is 1. The quantitative estimate of drug-likeness (QED) is 0.670. The Morgan fingerprint density at radius 1 is 0.958 bits per heavy atom. The lowest BCUT2D eigenvalue weighted by Gasteiger charge is -2.20. The molecule has 1 atom stereocenters. The Kier molecular flexibility index (Phi) is 7.59. The fourth-order valence-electron chi connectivity index (χ4n) is 2.67. The minimum atomic E-state index is 0.309. The summed E-state index contributed by atoms with van der Waals surface area (Å²) in [6.45, 7) is 3.95. The molecule has 0 saturated carbocycles. The molecule has 0 spiro atoms. The van der Waals surface area contributed by atoms with Crippen molar-refractivity contribution in [1.29, 1.82) is 0 Å². The molecule has 4 nitrogen and oxygen atoms in total. The van der Waals surface area contributed by atoms with Crippen LogP contribution in [-0.2, 0) is 11.3 Å². The molecule has 0 radical (unpaired) electrons. The zero-order valence-electron chi connectivity index (χ0n) is 14.7. The Morgan fingerprint density at radius 3 is 2.42 bits per heavy atom. The monoisotopic (exact) mass is 329 g/mol. The lowest BCUT2D eigenvalue weighted by molar-refractivity contribution is 0.143. The van der Waals surface area contributed by atoms with Crippen LogP contribution >= 0.6 is 0 Å². The van der Waals surface area contributed by atoms with Crippen LogP contribution in [-0.4, -0.2) is 27.4 Å². The Balaban J connectivity index is 2.10. The van der Waals surface area contributed by atoms with Gasteiger partial charge in [-0.05, 0) is 18.1 Å². The van der Waals surface area contributed by atoms with Crippen molar-refractivity contribution >= 4 is 0 Å². The number of hydrogen-bond acceptors (Lipinski definition) is 4. The van der Waals surface area contributed by atoms with Gasteiger partial charge < -0.3 is 19.5 Å². The van der Waals surface area contributed by atoms with E-state index in [4.69, 9.17) is 14.2 Å². The molecule has 2 aromatic carbocycles. The average molecular weight is 329 g/mol. The van der Waals surface area contributed by atoms with E-state index in [2.05, 4.69) is 42.6 Å². The molecule has 0 saturated heterocycles. The molecule has 1 unspecified atom stereocenters. The van der Waals surface area contributed by atoms with Crippen molar-refractivity contribution in [1.82, 2.24) is 5.32 Å². The van der Waals surface area contributed by atoms with E-state index < -0.39 is 0 Å². The van der Waals surface area contributed by atoms with Crippen molar-refractivity contribution in [3.63, 3.8) is 0 Å². The maximum Gasteiger partial charge on any atom is 0.165 e. The second-order valence-corrected chi connectivity index (χ2v) is 5.54. The zero-order chi connectivity index (χ0) is 17.2. The smallest absolute Gasteiger partial charge is 0.165 e. The third-order valence-corrected chi connectivity index (χ3v) is 3.96. The van der Waals surface area contributed by atoms with Gasteiger partial charge in [0, 0.05) is 25.3 Å². The molecule has 0 bridgehead atoms. The lowest BCUT2D eigenvalue weighted by Crippen LogP contribution is -2.21. The van der Waals surface area contributed by atoms with Crippen molar-refractivity contribution in [2.45, 2.75) is 25.9 Å². The number of benzene rings is 2. The normalized spacial score (nSPS) is 12.0. The SMILES string of the molecule is CCC(NCc1cccc(OC)c1OCCOC)c1ccccc1. The van der Waals surface area contributed by atoms with Gasteiger partial charge in [-0.1, -0.05) is 49.4 Å². The summed E-state index contributed by atoms with van der Waals surface area (Å²) in [5, 5.41) is 3.62. The third-order valence-electron chi connectivity index (χ3n) is 3.96. The van der Waals surface area contributed by atoms with E-state index in [-0.39, 0.29) is 0 Å². The number of methoxy groups -OCH3 is 2. The fourth-order valence-corrected chi connectivity index (χ4v) is 2.67. The van der Waals surface area contributed by atoms with Crippen LogP contribution in [0.2, 0.25) is 0 Å². The molecule has 24 heavy (non-hydrogen) atoms. The molecule has 0 aliphatic carbocycles. The summed E-state index contributed by atoms with van der Waals surface area (Å²) in [7, 11) is 3.33. The van der Waals surface area contributed by atoms with Crippen molar-refractivity contribution in [2.24, 2.45) is 0 Å². The molecular formula is C20H27NO3. The summed E-state index contributed by atoms with van der Waals surface area (Å²) in [6, 6.07) is 16.8. The van der Waals surface area contributed by atoms with Gasteiger partial charge in [0.05, 0.1) is 13.7 Å². The van der Waals surface area contributed by atoms with Gasteiger partial charge in [0.15, 0.2) is 11.5 Å². The molecule has 0 heterocycles. The number of rotatable bonds is 10.